The molecule has 2 aliphatic rings. The Kier molecular flexibility index (Phi) is 4.39. The highest BCUT2D eigenvalue weighted by Crippen LogP contribution is 2.42. The van der Waals surface area contributed by atoms with Crippen LogP contribution in [0, 0.1) is 5.92 Å². The molecule has 1 amide bonds. The van der Waals surface area contributed by atoms with E-state index >= 15 is 0 Å². The molecule has 0 unspecified atom stereocenters. The van der Waals surface area contributed by atoms with Crippen LogP contribution in [-0.2, 0) is 16.0 Å². The van der Waals surface area contributed by atoms with E-state index in [9.17, 15) is 14.7 Å². The second kappa shape index (κ2) is 6.32. The van der Waals surface area contributed by atoms with Gasteiger partial charge in [-0.25, -0.2) is 0 Å². The van der Waals surface area contributed by atoms with Crippen molar-refractivity contribution >= 4 is 11.9 Å². The molecule has 2 heterocycles. The van der Waals surface area contributed by atoms with E-state index in [0.717, 1.165) is 38.9 Å². The molecule has 1 atom stereocenters. The summed E-state index contributed by atoms with van der Waals surface area (Å²) in [5.41, 5.74) is 0.843. The predicted octanol–water partition coefficient (Wildman–Crippen LogP) is 1.63. The zero-order valence-corrected chi connectivity index (χ0v) is 13.6. The van der Waals surface area contributed by atoms with Gasteiger partial charge in [-0.3, -0.25) is 9.59 Å². The molecular formula is C18H24N2O3. The third kappa shape index (κ3) is 2.98. The number of hydrogen-bond acceptors (Lipinski definition) is 3. The summed E-state index contributed by atoms with van der Waals surface area (Å²) < 4.78 is 0. The number of piperidine rings is 1. The van der Waals surface area contributed by atoms with Gasteiger partial charge in [0, 0.05) is 33.1 Å². The first-order chi connectivity index (χ1) is 11.0. The Hall–Kier alpha value is -1.88. The first-order valence-corrected chi connectivity index (χ1v) is 8.29. The summed E-state index contributed by atoms with van der Waals surface area (Å²) in [6.45, 7) is 2.69. The van der Waals surface area contributed by atoms with Crippen LogP contribution in [0.15, 0.2) is 30.3 Å². The summed E-state index contributed by atoms with van der Waals surface area (Å²) in [5.74, 6) is -1.42. The molecule has 0 bridgehead atoms. The average Bonchev–Trinajstić information content (AvgIpc) is 2.81. The Bertz CT molecular complexity index is 579. The number of carboxylic acid groups (broad SMARTS) is 1. The molecule has 124 valence electrons. The standard InChI is InChI=1S/C18H24N2O3/c1-19-16(21)13-15(17(22)23)18(19)8-11-20(12-9-18)10-7-14-5-3-2-4-6-14/h2-6,15H,7-13H2,1H3,(H,22,23)/t15-/m1/s1. The Morgan fingerprint density at radius 3 is 2.52 bits per heavy atom. The highest BCUT2D eigenvalue weighted by Gasteiger charge is 2.55. The van der Waals surface area contributed by atoms with Crippen LogP contribution in [-0.4, -0.2) is 59.0 Å². The first kappa shape index (κ1) is 16.0. The summed E-state index contributed by atoms with van der Waals surface area (Å²) >= 11 is 0. The van der Waals surface area contributed by atoms with E-state index in [1.165, 1.54) is 5.56 Å². The van der Waals surface area contributed by atoms with E-state index in [-0.39, 0.29) is 12.3 Å². The third-order valence-electron chi connectivity index (χ3n) is 5.65. The van der Waals surface area contributed by atoms with Gasteiger partial charge >= 0.3 is 5.97 Å². The zero-order valence-electron chi connectivity index (χ0n) is 13.6. The average molecular weight is 316 g/mol. The summed E-state index contributed by atoms with van der Waals surface area (Å²) in [4.78, 5) is 27.7. The maximum Gasteiger partial charge on any atom is 0.309 e. The maximum atomic E-state index is 12.0. The van der Waals surface area contributed by atoms with Crippen LogP contribution in [0.3, 0.4) is 0 Å². The van der Waals surface area contributed by atoms with Crippen molar-refractivity contribution in [3.8, 4) is 0 Å². The highest BCUT2D eigenvalue weighted by atomic mass is 16.4. The lowest BCUT2D eigenvalue weighted by atomic mass is 9.77. The normalized spacial score (nSPS) is 24.3. The molecule has 1 aromatic carbocycles. The molecule has 2 saturated heterocycles. The van der Waals surface area contributed by atoms with Crippen LogP contribution >= 0.6 is 0 Å². The quantitative estimate of drug-likeness (QED) is 0.917. The molecule has 0 aromatic heterocycles. The fourth-order valence-electron chi connectivity index (χ4n) is 4.08. The summed E-state index contributed by atoms with van der Waals surface area (Å²) in [6.07, 6.45) is 2.66. The minimum Gasteiger partial charge on any atom is -0.481 e. The van der Waals surface area contributed by atoms with Crippen molar-refractivity contribution in [3.63, 3.8) is 0 Å². The van der Waals surface area contributed by atoms with Crippen molar-refractivity contribution in [3.05, 3.63) is 35.9 Å². The van der Waals surface area contributed by atoms with Gasteiger partial charge in [0.05, 0.1) is 11.5 Å². The van der Waals surface area contributed by atoms with Crippen molar-refractivity contribution in [2.45, 2.75) is 31.2 Å². The second-order valence-electron chi connectivity index (χ2n) is 6.73. The van der Waals surface area contributed by atoms with E-state index in [0.29, 0.717) is 0 Å². The van der Waals surface area contributed by atoms with Gasteiger partial charge in [0.2, 0.25) is 5.91 Å². The van der Waals surface area contributed by atoms with Gasteiger partial charge in [-0.05, 0) is 24.8 Å². The predicted molar refractivity (Wildman–Crippen MR) is 87.1 cm³/mol. The van der Waals surface area contributed by atoms with Crippen LogP contribution < -0.4 is 0 Å². The van der Waals surface area contributed by atoms with Gasteiger partial charge in [0.25, 0.3) is 0 Å². The number of carboxylic acids is 1. The number of likely N-dealkylation sites (tertiary alicyclic amines) is 2. The SMILES string of the molecule is CN1C(=O)C[C@H](C(=O)O)C12CCN(CCc1ccccc1)CC2. The molecule has 2 fully saturated rings. The van der Waals surface area contributed by atoms with Crippen LogP contribution in [0.2, 0.25) is 0 Å². The maximum absolute atomic E-state index is 12.0. The fraction of sp³-hybridized carbons (Fsp3) is 0.556. The van der Waals surface area contributed by atoms with Gasteiger partial charge in [-0.1, -0.05) is 30.3 Å². The minimum atomic E-state index is -0.833. The van der Waals surface area contributed by atoms with Crippen LogP contribution in [0.5, 0.6) is 0 Å². The number of amides is 1. The Morgan fingerprint density at radius 2 is 1.91 bits per heavy atom. The summed E-state index contributed by atoms with van der Waals surface area (Å²) in [5, 5.41) is 9.49. The van der Waals surface area contributed by atoms with Crippen molar-refractivity contribution in [2.75, 3.05) is 26.7 Å². The fourth-order valence-corrected chi connectivity index (χ4v) is 4.08. The zero-order chi connectivity index (χ0) is 16.4. The number of carbonyl (C=O) groups is 2. The number of benzene rings is 1. The number of nitrogens with zero attached hydrogens (tertiary/aromatic N) is 2. The number of hydrogen-bond donors (Lipinski definition) is 1. The van der Waals surface area contributed by atoms with Crippen molar-refractivity contribution in [1.29, 1.82) is 0 Å². The molecule has 1 aromatic rings. The molecule has 0 radical (unpaired) electrons. The number of rotatable bonds is 4. The van der Waals surface area contributed by atoms with Crippen molar-refractivity contribution in [2.24, 2.45) is 5.92 Å². The monoisotopic (exact) mass is 316 g/mol. The van der Waals surface area contributed by atoms with Gasteiger partial charge in [0.15, 0.2) is 0 Å². The number of aliphatic carboxylic acids is 1. The summed E-state index contributed by atoms with van der Waals surface area (Å²) in [6, 6.07) is 10.4. The van der Waals surface area contributed by atoms with Gasteiger partial charge < -0.3 is 14.9 Å². The van der Waals surface area contributed by atoms with Crippen LogP contribution in [0.25, 0.3) is 0 Å². The summed E-state index contributed by atoms with van der Waals surface area (Å²) in [7, 11) is 1.77. The third-order valence-corrected chi connectivity index (χ3v) is 5.65. The van der Waals surface area contributed by atoms with Crippen LogP contribution in [0.4, 0.5) is 0 Å². The van der Waals surface area contributed by atoms with Crippen molar-refractivity contribution in [1.82, 2.24) is 9.80 Å². The largest absolute Gasteiger partial charge is 0.481 e. The van der Waals surface area contributed by atoms with Gasteiger partial charge in [0.1, 0.15) is 0 Å². The smallest absolute Gasteiger partial charge is 0.309 e. The first-order valence-electron chi connectivity index (χ1n) is 8.29. The van der Waals surface area contributed by atoms with Crippen molar-refractivity contribution < 1.29 is 14.7 Å². The second-order valence-corrected chi connectivity index (χ2v) is 6.73. The lowest BCUT2D eigenvalue weighted by molar-refractivity contribution is -0.146. The number of carbonyl (C=O) groups excluding carboxylic acids is 1. The molecule has 0 saturated carbocycles. The molecule has 0 aliphatic carbocycles. The van der Waals surface area contributed by atoms with E-state index in [1.807, 2.05) is 6.07 Å². The van der Waals surface area contributed by atoms with Gasteiger partial charge in [-0.15, -0.1) is 0 Å². The van der Waals surface area contributed by atoms with E-state index in [2.05, 4.69) is 29.2 Å². The molecule has 23 heavy (non-hydrogen) atoms. The molecule has 5 heteroatoms. The topological polar surface area (TPSA) is 60.9 Å². The van der Waals surface area contributed by atoms with Crippen LogP contribution in [0.1, 0.15) is 24.8 Å². The molecule has 3 rings (SSSR count). The van der Waals surface area contributed by atoms with E-state index in [1.54, 1.807) is 11.9 Å². The Labute approximate surface area is 136 Å². The molecule has 1 N–H and O–H groups in total. The Morgan fingerprint density at radius 1 is 1.26 bits per heavy atom. The molecule has 5 nitrogen and oxygen atoms in total. The lowest BCUT2D eigenvalue weighted by Gasteiger charge is -2.45. The van der Waals surface area contributed by atoms with E-state index < -0.39 is 17.4 Å². The molecule has 2 aliphatic heterocycles. The van der Waals surface area contributed by atoms with E-state index in [4.69, 9.17) is 0 Å². The Balaban J connectivity index is 1.61. The lowest BCUT2D eigenvalue weighted by Crippen LogP contribution is -2.56. The minimum absolute atomic E-state index is 0.0323. The van der Waals surface area contributed by atoms with Gasteiger partial charge in [-0.2, -0.15) is 0 Å². The molecule has 1 spiro atoms. The molecular weight excluding hydrogens is 292 g/mol. The highest BCUT2D eigenvalue weighted by molar-refractivity contribution is 5.88.